The largest absolute Gasteiger partial charge is 0.352 e. The van der Waals surface area contributed by atoms with E-state index in [2.05, 4.69) is 40.2 Å². The number of fused-ring (bicyclic) bond motifs is 1. The van der Waals surface area contributed by atoms with Crippen LogP contribution in [0.1, 0.15) is 36.1 Å². The molecule has 3 rings (SSSR count). The topological polar surface area (TPSA) is 42.1 Å². The predicted octanol–water partition coefficient (Wildman–Crippen LogP) is 3.05. The van der Waals surface area contributed by atoms with Crippen molar-refractivity contribution in [2.24, 2.45) is 5.73 Å². The Labute approximate surface area is 120 Å². The molecule has 0 spiro atoms. The van der Waals surface area contributed by atoms with Gasteiger partial charge in [0.25, 0.3) is 0 Å². The molecule has 0 saturated heterocycles. The second-order valence-electron chi connectivity index (χ2n) is 5.50. The van der Waals surface area contributed by atoms with Crippen molar-refractivity contribution in [2.45, 2.75) is 32.4 Å². The Hall–Kier alpha value is -1.87. The van der Waals surface area contributed by atoms with Gasteiger partial charge in [-0.2, -0.15) is 0 Å². The first-order chi connectivity index (χ1) is 9.75. The molecule has 0 amide bonds. The summed E-state index contributed by atoms with van der Waals surface area (Å²) in [5.41, 5.74) is 10.1. The molecule has 0 fully saturated rings. The van der Waals surface area contributed by atoms with Crippen molar-refractivity contribution >= 4 is 5.82 Å². The smallest absolute Gasteiger partial charge is 0.133 e. The summed E-state index contributed by atoms with van der Waals surface area (Å²) < 4.78 is 0. The molecule has 2 N–H and O–H groups in total. The molecular weight excluding hydrogens is 246 g/mol. The highest BCUT2D eigenvalue weighted by Crippen LogP contribution is 2.27. The molecule has 0 saturated carbocycles. The van der Waals surface area contributed by atoms with Gasteiger partial charge in [0.2, 0.25) is 0 Å². The molecule has 0 unspecified atom stereocenters. The Bertz CT molecular complexity index is 592. The second-order valence-corrected chi connectivity index (χ2v) is 5.50. The average molecular weight is 267 g/mol. The molecule has 1 atom stereocenters. The van der Waals surface area contributed by atoms with E-state index in [1.54, 1.807) is 0 Å². The number of hydrogen-bond acceptors (Lipinski definition) is 3. The van der Waals surface area contributed by atoms with Crippen LogP contribution < -0.4 is 10.6 Å². The Morgan fingerprint density at radius 2 is 1.95 bits per heavy atom. The van der Waals surface area contributed by atoms with E-state index in [0.717, 1.165) is 37.3 Å². The Morgan fingerprint density at radius 1 is 1.15 bits per heavy atom. The van der Waals surface area contributed by atoms with E-state index in [0.29, 0.717) is 0 Å². The molecule has 0 radical (unpaired) electrons. The maximum atomic E-state index is 6.09. The second kappa shape index (κ2) is 5.63. The van der Waals surface area contributed by atoms with Crippen LogP contribution in [0, 0.1) is 0 Å². The summed E-state index contributed by atoms with van der Waals surface area (Å²) in [7, 11) is 0. The highest BCUT2D eigenvalue weighted by Gasteiger charge is 2.18. The van der Waals surface area contributed by atoms with Crippen LogP contribution in [0.25, 0.3) is 0 Å². The molecule has 2 aromatic rings. The fraction of sp³-hybridized carbons (Fsp3) is 0.353. The van der Waals surface area contributed by atoms with E-state index in [9.17, 15) is 0 Å². The first kappa shape index (κ1) is 13.1. The Morgan fingerprint density at radius 3 is 2.75 bits per heavy atom. The standard InChI is InChI=1S/C17H21N3/c1-13(18)16-9-4-10-19-17(16)20-11-5-8-14-6-2-3-7-15(14)12-20/h2-4,6-7,9-10,13H,5,8,11-12,18H2,1H3/t13-/m1/s1. The highest BCUT2D eigenvalue weighted by molar-refractivity contribution is 5.50. The molecule has 2 heterocycles. The first-order valence-electron chi connectivity index (χ1n) is 7.28. The molecule has 0 aliphatic carbocycles. The third-order valence-electron chi connectivity index (χ3n) is 3.96. The van der Waals surface area contributed by atoms with Gasteiger partial charge >= 0.3 is 0 Å². The van der Waals surface area contributed by atoms with Crippen LogP contribution in [0.15, 0.2) is 42.6 Å². The van der Waals surface area contributed by atoms with Crippen LogP contribution >= 0.6 is 0 Å². The summed E-state index contributed by atoms with van der Waals surface area (Å²) in [5.74, 6) is 1.04. The molecule has 20 heavy (non-hydrogen) atoms. The van der Waals surface area contributed by atoms with Crippen LogP contribution in [0.3, 0.4) is 0 Å². The molecule has 1 aromatic carbocycles. The van der Waals surface area contributed by atoms with Crippen LogP contribution in [-0.4, -0.2) is 11.5 Å². The Balaban J connectivity index is 1.96. The van der Waals surface area contributed by atoms with Gasteiger partial charge in [0.05, 0.1) is 0 Å². The van der Waals surface area contributed by atoms with Crippen LogP contribution in [0.4, 0.5) is 5.82 Å². The zero-order valence-corrected chi connectivity index (χ0v) is 11.9. The summed E-state index contributed by atoms with van der Waals surface area (Å²) in [6, 6.07) is 12.8. The lowest BCUT2D eigenvalue weighted by molar-refractivity contribution is 0.730. The molecular formula is C17H21N3. The quantitative estimate of drug-likeness (QED) is 0.909. The minimum absolute atomic E-state index is 0.0113. The molecule has 1 aliphatic rings. The van der Waals surface area contributed by atoms with Crippen molar-refractivity contribution in [3.8, 4) is 0 Å². The van der Waals surface area contributed by atoms with E-state index in [1.807, 2.05) is 19.2 Å². The molecule has 1 aliphatic heterocycles. The minimum Gasteiger partial charge on any atom is -0.352 e. The number of pyridine rings is 1. The summed E-state index contributed by atoms with van der Waals surface area (Å²) in [6.45, 7) is 3.98. The monoisotopic (exact) mass is 267 g/mol. The molecule has 0 bridgehead atoms. The van der Waals surface area contributed by atoms with Gasteiger partial charge in [-0.05, 0) is 37.0 Å². The maximum Gasteiger partial charge on any atom is 0.133 e. The summed E-state index contributed by atoms with van der Waals surface area (Å²) >= 11 is 0. The third-order valence-corrected chi connectivity index (χ3v) is 3.96. The van der Waals surface area contributed by atoms with Crippen LogP contribution in [0.5, 0.6) is 0 Å². The number of nitrogens with two attached hydrogens (primary N) is 1. The van der Waals surface area contributed by atoms with Gasteiger partial charge in [-0.25, -0.2) is 4.98 Å². The van der Waals surface area contributed by atoms with Gasteiger partial charge in [0, 0.05) is 30.9 Å². The number of benzene rings is 1. The van der Waals surface area contributed by atoms with Gasteiger partial charge in [-0.15, -0.1) is 0 Å². The van der Waals surface area contributed by atoms with Crippen molar-refractivity contribution in [3.63, 3.8) is 0 Å². The van der Waals surface area contributed by atoms with Crippen molar-refractivity contribution in [3.05, 3.63) is 59.3 Å². The lowest BCUT2D eigenvalue weighted by Gasteiger charge is -2.25. The number of hydrogen-bond donors (Lipinski definition) is 1. The van der Waals surface area contributed by atoms with Gasteiger partial charge in [-0.1, -0.05) is 30.3 Å². The molecule has 1 aromatic heterocycles. The average Bonchev–Trinajstić information content (AvgIpc) is 2.69. The lowest BCUT2D eigenvalue weighted by Crippen LogP contribution is -2.26. The maximum absolute atomic E-state index is 6.09. The highest BCUT2D eigenvalue weighted by atomic mass is 15.2. The minimum atomic E-state index is 0.0113. The van der Waals surface area contributed by atoms with E-state index in [1.165, 1.54) is 11.1 Å². The fourth-order valence-electron chi connectivity index (χ4n) is 2.91. The number of rotatable bonds is 2. The number of aryl methyl sites for hydroxylation is 1. The van der Waals surface area contributed by atoms with Gasteiger partial charge in [0.1, 0.15) is 5.82 Å². The van der Waals surface area contributed by atoms with Crippen molar-refractivity contribution in [1.82, 2.24) is 4.98 Å². The zero-order chi connectivity index (χ0) is 13.9. The third kappa shape index (κ3) is 2.54. The van der Waals surface area contributed by atoms with Crippen LogP contribution in [0.2, 0.25) is 0 Å². The van der Waals surface area contributed by atoms with E-state index < -0.39 is 0 Å². The number of aromatic nitrogens is 1. The fourth-order valence-corrected chi connectivity index (χ4v) is 2.91. The first-order valence-corrected chi connectivity index (χ1v) is 7.28. The van der Waals surface area contributed by atoms with Crippen molar-refractivity contribution < 1.29 is 0 Å². The Kier molecular flexibility index (Phi) is 3.70. The van der Waals surface area contributed by atoms with Gasteiger partial charge in [-0.3, -0.25) is 0 Å². The summed E-state index contributed by atoms with van der Waals surface area (Å²) in [6.07, 6.45) is 4.16. The predicted molar refractivity (Wildman–Crippen MR) is 82.7 cm³/mol. The van der Waals surface area contributed by atoms with E-state index in [4.69, 9.17) is 5.73 Å². The van der Waals surface area contributed by atoms with Crippen molar-refractivity contribution in [1.29, 1.82) is 0 Å². The van der Waals surface area contributed by atoms with Crippen molar-refractivity contribution in [2.75, 3.05) is 11.4 Å². The van der Waals surface area contributed by atoms with Crippen LogP contribution in [-0.2, 0) is 13.0 Å². The lowest BCUT2D eigenvalue weighted by atomic mass is 10.0. The van der Waals surface area contributed by atoms with E-state index in [-0.39, 0.29) is 6.04 Å². The summed E-state index contributed by atoms with van der Waals surface area (Å²) in [4.78, 5) is 6.95. The molecule has 3 nitrogen and oxygen atoms in total. The SMILES string of the molecule is C[C@@H](N)c1cccnc1N1CCCc2ccccc2C1. The zero-order valence-electron chi connectivity index (χ0n) is 11.9. The molecule has 3 heteroatoms. The summed E-state index contributed by atoms with van der Waals surface area (Å²) in [5, 5.41) is 0. The van der Waals surface area contributed by atoms with Gasteiger partial charge in [0.15, 0.2) is 0 Å². The molecule has 104 valence electrons. The number of anilines is 1. The normalized spacial score (nSPS) is 16.4. The van der Waals surface area contributed by atoms with Gasteiger partial charge < -0.3 is 10.6 Å². The number of nitrogens with zero attached hydrogens (tertiary/aromatic N) is 2. The van der Waals surface area contributed by atoms with E-state index >= 15 is 0 Å².